The summed E-state index contributed by atoms with van der Waals surface area (Å²) in [7, 11) is -3.65. The number of hydrogen-bond acceptors (Lipinski definition) is 3. The summed E-state index contributed by atoms with van der Waals surface area (Å²) in [6.45, 7) is 1.20. The number of primary sulfonamides is 1. The van der Waals surface area contributed by atoms with Gasteiger partial charge in [0.15, 0.2) is 0 Å². The van der Waals surface area contributed by atoms with Crippen molar-refractivity contribution >= 4 is 21.6 Å². The normalized spacial score (nSPS) is 11.5. The Morgan fingerprint density at radius 2 is 1.60 bits per heavy atom. The number of sulfonamides is 1. The van der Waals surface area contributed by atoms with Crippen molar-refractivity contribution in [1.82, 2.24) is 5.32 Å². The number of rotatable bonds is 5. The van der Waals surface area contributed by atoms with Crippen molar-refractivity contribution in [1.29, 1.82) is 0 Å². The van der Waals surface area contributed by atoms with E-state index in [0.717, 1.165) is 11.1 Å². The van der Waals surface area contributed by atoms with Crippen LogP contribution in [-0.2, 0) is 23.1 Å². The first-order valence-electron chi connectivity index (χ1n) is 6.02. The minimum Gasteiger partial charge on any atom is -0.309 e. The average Bonchev–Trinajstić information content (AvgIpc) is 2.38. The first-order chi connectivity index (χ1) is 9.45. The molecular formula is C14H15ClN2O2S. The summed E-state index contributed by atoms with van der Waals surface area (Å²) in [5.41, 5.74) is 1.93. The smallest absolute Gasteiger partial charge is 0.238 e. The van der Waals surface area contributed by atoms with Crippen LogP contribution < -0.4 is 10.5 Å². The Morgan fingerprint density at radius 1 is 1.00 bits per heavy atom. The summed E-state index contributed by atoms with van der Waals surface area (Å²) in [5, 5.41) is 9.02. The van der Waals surface area contributed by atoms with E-state index in [1.165, 1.54) is 6.07 Å². The lowest BCUT2D eigenvalue weighted by Gasteiger charge is -2.07. The molecule has 2 aromatic carbocycles. The molecule has 20 heavy (non-hydrogen) atoms. The Morgan fingerprint density at radius 3 is 2.20 bits per heavy atom. The highest BCUT2D eigenvalue weighted by molar-refractivity contribution is 7.89. The lowest BCUT2D eigenvalue weighted by molar-refractivity contribution is 0.597. The monoisotopic (exact) mass is 310 g/mol. The second-order valence-electron chi connectivity index (χ2n) is 4.43. The van der Waals surface area contributed by atoms with E-state index in [0.29, 0.717) is 18.1 Å². The van der Waals surface area contributed by atoms with Crippen molar-refractivity contribution in [2.75, 3.05) is 0 Å². The van der Waals surface area contributed by atoms with Gasteiger partial charge < -0.3 is 5.32 Å². The van der Waals surface area contributed by atoms with Crippen LogP contribution in [0, 0.1) is 0 Å². The molecule has 0 spiro atoms. The number of hydrogen-bond donors (Lipinski definition) is 2. The third-order valence-corrected chi connectivity index (χ3v) is 3.92. The molecule has 2 rings (SSSR count). The second kappa shape index (κ2) is 6.37. The number of nitrogens with two attached hydrogens (primary N) is 1. The first-order valence-corrected chi connectivity index (χ1v) is 7.94. The van der Waals surface area contributed by atoms with Crippen LogP contribution in [0.15, 0.2) is 53.4 Å². The molecule has 6 heteroatoms. The van der Waals surface area contributed by atoms with Crippen LogP contribution in [0.4, 0.5) is 0 Å². The Kier molecular flexibility index (Phi) is 4.77. The Bertz CT molecular complexity index is 702. The highest BCUT2D eigenvalue weighted by atomic mass is 35.5. The molecule has 0 aliphatic carbocycles. The van der Waals surface area contributed by atoms with Crippen LogP contribution in [0.25, 0.3) is 0 Å². The van der Waals surface area contributed by atoms with Gasteiger partial charge in [-0.2, -0.15) is 0 Å². The molecule has 0 fully saturated rings. The lowest BCUT2D eigenvalue weighted by atomic mass is 10.2. The molecule has 0 aliphatic rings. The molecular weight excluding hydrogens is 296 g/mol. The fourth-order valence-electron chi connectivity index (χ4n) is 1.83. The molecule has 0 atom stereocenters. The van der Waals surface area contributed by atoms with Gasteiger partial charge in [-0.05, 0) is 35.4 Å². The Hall–Kier alpha value is -1.40. The third kappa shape index (κ3) is 4.31. The molecule has 0 saturated heterocycles. The van der Waals surface area contributed by atoms with Gasteiger partial charge in [-0.25, -0.2) is 13.6 Å². The molecule has 0 radical (unpaired) electrons. The van der Waals surface area contributed by atoms with Crippen LogP contribution in [0.2, 0.25) is 5.02 Å². The van der Waals surface area contributed by atoms with Gasteiger partial charge in [-0.3, -0.25) is 0 Å². The Labute approximate surface area is 123 Å². The van der Waals surface area contributed by atoms with Gasteiger partial charge in [0.2, 0.25) is 10.0 Å². The molecule has 0 unspecified atom stereocenters. The van der Waals surface area contributed by atoms with E-state index in [9.17, 15) is 8.42 Å². The molecule has 0 amide bonds. The SMILES string of the molecule is NS(=O)(=O)c1cccc(CNCc2cccc(Cl)c2)c1. The molecule has 0 bridgehead atoms. The number of benzene rings is 2. The van der Waals surface area contributed by atoms with Gasteiger partial charge in [-0.15, -0.1) is 0 Å². The van der Waals surface area contributed by atoms with Crippen LogP contribution in [0.5, 0.6) is 0 Å². The maximum atomic E-state index is 11.3. The van der Waals surface area contributed by atoms with Crippen molar-refractivity contribution in [2.45, 2.75) is 18.0 Å². The van der Waals surface area contributed by atoms with Crippen LogP contribution >= 0.6 is 11.6 Å². The zero-order valence-corrected chi connectivity index (χ0v) is 12.3. The summed E-state index contributed by atoms with van der Waals surface area (Å²) >= 11 is 5.90. The topological polar surface area (TPSA) is 72.2 Å². The Balaban J connectivity index is 1.98. The van der Waals surface area contributed by atoms with Gasteiger partial charge in [-0.1, -0.05) is 35.9 Å². The fraction of sp³-hybridized carbons (Fsp3) is 0.143. The highest BCUT2D eigenvalue weighted by Gasteiger charge is 2.07. The minimum absolute atomic E-state index is 0.125. The van der Waals surface area contributed by atoms with E-state index in [2.05, 4.69) is 5.32 Å². The third-order valence-electron chi connectivity index (χ3n) is 2.77. The van der Waals surface area contributed by atoms with Gasteiger partial charge in [0.1, 0.15) is 0 Å². The van der Waals surface area contributed by atoms with Crippen LogP contribution in [0.1, 0.15) is 11.1 Å². The average molecular weight is 311 g/mol. The molecule has 0 heterocycles. The van der Waals surface area contributed by atoms with E-state index in [-0.39, 0.29) is 4.90 Å². The standard InChI is InChI=1S/C14H15ClN2O2S/c15-13-5-1-3-11(7-13)9-17-10-12-4-2-6-14(8-12)20(16,18)19/h1-8,17H,9-10H2,(H2,16,18,19). The molecule has 4 nitrogen and oxygen atoms in total. The second-order valence-corrected chi connectivity index (χ2v) is 6.42. The molecule has 0 aliphatic heterocycles. The number of halogens is 1. The summed E-state index contributed by atoms with van der Waals surface area (Å²) < 4.78 is 22.5. The zero-order valence-electron chi connectivity index (χ0n) is 10.7. The molecule has 0 aromatic heterocycles. The summed E-state index contributed by atoms with van der Waals surface area (Å²) in [6, 6.07) is 14.1. The van der Waals surface area contributed by atoms with Crippen LogP contribution in [-0.4, -0.2) is 8.42 Å². The summed E-state index contributed by atoms with van der Waals surface area (Å²) in [6.07, 6.45) is 0. The van der Waals surface area contributed by atoms with Crippen LogP contribution in [0.3, 0.4) is 0 Å². The molecule has 106 valence electrons. The van der Waals surface area contributed by atoms with Gasteiger partial charge in [0.25, 0.3) is 0 Å². The van der Waals surface area contributed by atoms with Crippen molar-refractivity contribution in [3.8, 4) is 0 Å². The summed E-state index contributed by atoms with van der Waals surface area (Å²) in [4.78, 5) is 0.125. The van der Waals surface area contributed by atoms with Crippen molar-refractivity contribution < 1.29 is 8.42 Å². The predicted octanol–water partition coefficient (Wildman–Crippen LogP) is 2.28. The number of nitrogens with one attached hydrogen (secondary N) is 1. The molecule has 0 saturated carbocycles. The van der Waals surface area contributed by atoms with E-state index in [1.807, 2.05) is 30.3 Å². The largest absolute Gasteiger partial charge is 0.309 e. The van der Waals surface area contributed by atoms with Gasteiger partial charge in [0, 0.05) is 18.1 Å². The van der Waals surface area contributed by atoms with Crippen molar-refractivity contribution in [3.05, 3.63) is 64.7 Å². The van der Waals surface area contributed by atoms with E-state index in [1.54, 1.807) is 12.1 Å². The van der Waals surface area contributed by atoms with Crippen molar-refractivity contribution in [3.63, 3.8) is 0 Å². The first kappa shape index (κ1) is 15.0. The van der Waals surface area contributed by atoms with E-state index >= 15 is 0 Å². The molecule has 3 N–H and O–H groups in total. The minimum atomic E-state index is -3.65. The van der Waals surface area contributed by atoms with E-state index in [4.69, 9.17) is 16.7 Å². The maximum Gasteiger partial charge on any atom is 0.238 e. The fourth-order valence-corrected chi connectivity index (χ4v) is 2.63. The highest BCUT2D eigenvalue weighted by Crippen LogP contribution is 2.12. The quantitative estimate of drug-likeness (QED) is 0.890. The van der Waals surface area contributed by atoms with Gasteiger partial charge >= 0.3 is 0 Å². The van der Waals surface area contributed by atoms with Crippen molar-refractivity contribution in [2.24, 2.45) is 5.14 Å². The lowest BCUT2D eigenvalue weighted by Crippen LogP contribution is -2.15. The predicted molar refractivity (Wildman–Crippen MR) is 79.8 cm³/mol. The zero-order chi connectivity index (χ0) is 14.6. The van der Waals surface area contributed by atoms with Gasteiger partial charge in [0.05, 0.1) is 4.90 Å². The summed E-state index contributed by atoms with van der Waals surface area (Å²) in [5.74, 6) is 0. The molecule has 2 aromatic rings. The van der Waals surface area contributed by atoms with E-state index < -0.39 is 10.0 Å². The maximum absolute atomic E-state index is 11.3.